The van der Waals surface area contributed by atoms with E-state index in [0.29, 0.717) is 19.4 Å². The Morgan fingerprint density at radius 3 is 2.38 bits per heavy atom. The van der Waals surface area contributed by atoms with E-state index in [4.69, 9.17) is 4.74 Å². The number of rotatable bonds is 8. The third-order valence-electron chi connectivity index (χ3n) is 4.01. The van der Waals surface area contributed by atoms with Crippen LogP contribution in [0.1, 0.15) is 33.1 Å². The fourth-order valence-corrected chi connectivity index (χ4v) is 2.37. The Morgan fingerprint density at radius 2 is 1.86 bits per heavy atom. The molecule has 0 saturated carbocycles. The van der Waals surface area contributed by atoms with Crippen molar-refractivity contribution >= 4 is 12.0 Å². The molecule has 0 aromatic carbocycles. The molecule has 1 heterocycles. The number of urea groups is 1. The molecule has 0 aromatic heterocycles. The average Bonchev–Trinajstić information content (AvgIpc) is 2.50. The van der Waals surface area contributed by atoms with Crippen LogP contribution in [-0.2, 0) is 9.53 Å². The molecule has 2 amide bonds. The number of carboxylic acids is 1. The number of aliphatic carboxylic acids is 1. The number of morpholine rings is 1. The normalized spacial score (nSPS) is 16.5. The van der Waals surface area contributed by atoms with Crippen molar-refractivity contribution in [3.8, 4) is 0 Å². The lowest BCUT2D eigenvalue weighted by Gasteiger charge is -2.28. The van der Waals surface area contributed by atoms with Crippen LogP contribution in [0, 0.1) is 0 Å². The highest BCUT2D eigenvalue weighted by molar-refractivity contribution is 5.86. The molecule has 0 aromatic rings. The first-order valence-corrected chi connectivity index (χ1v) is 7.63. The molecule has 1 saturated heterocycles. The van der Waals surface area contributed by atoms with E-state index in [0.717, 1.165) is 39.3 Å². The number of amides is 2. The molecular weight excluding hydrogens is 274 g/mol. The zero-order valence-electron chi connectivity index (χ0n) is 13.0. The van der Waals surface area contributed by atoms with E-state index < -0.39 is 17.5 Å². The number of hydrogen-bond acceptors (Lipinski definition) is 4. The SMILES string of the molecule is CCC(CC)(NC(=O)NCCCN1CCOCC1)C(=O)O. The zero-order chi connectivity index (χ0) is 15.7. The van der Waals surface area contributed by atoms with Crippen molar-refractivity contribution in [2.75, 3.05) is 39.4 Å². The van der Waals surface area contributed by atoms with Crippen LogP contribution >= 0.6 is 0 Å². The number of ether oxygens (including phenoxy) is 1. The number of carbonyl (C=O) groups is 2. The second-order valence-corrected chi connectivity index (χ2v) is 5.28. The molecule has 0 atom stereocenters. The van der Waals surface area contributed by atoms with Crippen molar-refractivity contribution < 1.29 is 19.4 Å². The number of nitrogens with one attached hydrogen (secondary N) is 2. The van der Waals surface area contributed by atoms with Gasteiger partial charge in [-0.15, -0.1) is 0 Å². The molecule has 0 radical (unpaired) electrons. The second kappa shape index (κ2) is 8.84. The van der Waals surface area contributed by atoms with Gasteiger partial charge in [-0.2, -0.15) is 0 Å². The predicted molar refractivity (Wildman–Crippen MR) is 79.4 cm³/mol. The number of carbonyl (C=O) groups excluding carboxylic acids is 1. The second-order valence-electron chi connectivity index (χ2n) is 5.28. The highest BCUT2D eigenvalue weighted by atomic mass is 16.5. The molecule has 122 valence electrons. The molecule has 0 spiro atoms. The van der Waals surface area contributed by atoms with E-state index in [-0.39, 0.29) is 0 Å². The molecule has 3 N–H and O–H groups in total. The van der Waals surface area contributed by atoms with Crippen molar-refractivity contribution in [2.45, 2.75) is 38.6 Å². The molecule has 7 nitrogen and oxygen atoms in total. The summed E-state index contributed by atoms with van der Waals surface area (Å²) in [5.74, 6) is -0.990. The molecule has 21 heavy (non-hydrogen) atoms. The summed E-state index contributed by atoms with van der Waals surface area (Å²) in [6, 6.07) is -0.414. The molecule has 1 rings (SSSR count). The van der Waals surface area contributed by atoms with E-state index in [1.807, 2.05) is 0 Å². The van der Waals surface area contributed by atoms with Gasteiger partial charge in [-0.25, -0.2) is 9.59 Å². The van der Waals surface area contributed by atoms with Gasteiger partial charge >= 0.3 is 12.0 Å². The summed E-state index contributed by atoms with van der Waals surface area (Å²) in [5, 5.41) is 14.6. The fraction of sp³-hybridized carbons (Fsp3) is 0.857. The molecule has 7 heteroatoms. The van der Waals surface area contributed by atoms with Crippen LogP contribution in [0.25, 0.3) is 0 Å². The van der Waals surface area contributed by atoms with Crippen LogP contribution in [0.3, 0.4) is 0 Å². The van der Waals surface area contributed by atoms with Gasteiger partial charge in [0.1, 0.15) is 5.54 Å². The monoisotopic (exact) mass is 301 g/mol. The van der Waals surface area contributed by atoms with Gasteiger partial charge in [-0.05, 0) is 25.8 Å². The maximum Gasteiger partial charge on any atom is 0.329 e. The molecule has 0 unspecified atom stereocenters. The lowest BCUT2D eigenvalue weighted by Crippen LogP contribution is -2.56. The van der Waals surface area contributed by atoms with Gasteiger partial charge in [-0.1, -0.05) is 13.8 Å². The minimum absolute atomic E-state index is 0.361. The first kappa shape index (κ1) is 17.7. The Hall–Kier alpha value is -1.34. The largest absolute Gasteiger partial charge is 0.480 e. The van der Waals surface area contributed by atoms with Crippen molar-refractivity contribution in [2.24, 2.45) is 0 Å². The fourth-order valence-electron chi connectivity index (χ4n) is 2.37. The van der Waals surface area contributed by atoms with E-state index in [2.05, 4.69) is 15.5 Å². The quantitative estimate of drug-likeness (QED) is 0.573. The lowest BCUT2D eigenvalue weighted by molar-refractivity contribution is -0.144. The standard InChI is InChI=1S/C14H27N3O4/c1-3-14(4-2,12(18)19)16-13(20)15-6-5-7-17-8-10-21-11-9-17/h3-11H2,1-2H3,(H,18,19)(H2,15,16,20). The summed E-state index contributed by atoms with van der Waals surface area (Å²) >= 11 is 0. The van der Waals surface area contributed by atoms with Crippen LogP contribution in [0.4, 0.5) is 4.79 Å². The highest BCUT2D eigenvalue weighted by Gasteiger charge is 2.36. The maximum absolute atomic E-state index is 11.8. The van der Waals surface area contributed by atoms with Crippen molar-refractivity contribution in [3.63, 3.8) is 0 Å². The Bertz CT molecular complexity index is 339. The van der Waals surface area contributed by atoms with E-state index in [9.17, 15) is 14.7 Å². The summed E-state index contributed by atoms with van der Waals surface area (Å²) in [4.78, 5) is 25.4. The van der Waals surface area contributed by atoms with Gasteiger partial charge in [0.2, 0.25) is 0 Å². The highest BCUT2D eigenvalue weighted by Crippen LogP contribution is 2.15. The van der Waals surface area contributed by atoms with Gasteiger partial charge in [0.25, 0.3) is 0 Å². The van der Waals surface area contributed by atoms with E-state index in [1.54, 1.807) is 13.8 Å². The number of hydrogen-bond donors (Lipinski definition) is 3. The van der Waals surface area contributed by atoms with E-state index >= 15 is 0 Å². The summed E-state index contributed by atoms with van der Waals surface area (Å²) in [6.45, 7) is 8.36. The Balaban J connectivity index is 2.25. The van der Waals surface area contributed by atoms with Crippen LogP contribution in [0.2, 0.25) is 0 Å². The summed E-state index contributed by atoms with van der Waals surface area (Å²) in [5.41, 5.74) is -1.17. The minimum atomic E-state index is -1.17. The van der Waals surface area contributed by atoms with Gasteiger partial charge < -0.3 is 20.5 Å². The first-order valence-electron chi connectivity index (χ1n) is 7.63. The van der Waals surface area contributed by atoms with Gasteiger partial charge in [-0.3, -0.25) is 4.90 Å². The van der Waals surface area contributed by atoms with Crippen molar-refractivity contribution in [1.82, 2.24) is 15.5 Å². The Morgan fingerprint density at radius 1 is 1.24 bits per heavy atom. The first-order chi connectivity index (χ1) is 10.0. The molecule has 1 aliphatic heterocycles. The third kappa shape index (κ3) is 5.51. The number of carboxylic acid groups (broad SMARTS) is 1. The van der Waals surface area contributed by atoms with Crippen molar-refractivity contribution in [1.29, 1.82) is 0 Å². The third-order valence-corrected chi connectivity index (χ3v) is 4.01. The van der Waals surface area contributed by atoms with Crippen LogP contribution < -0.4 is 10.6 Å². The Labute approximate surface area is 126 Å². The van der Waals surface area contributed by atoms with Crippen LogP contribution in [-0.4, -0.2) is 66.9 Å². The molecule has 1 aliphatic rings. The van der Waals surface area contributed by atoms with Crippen LogP contribution in [0.5, 0.6) is 0 Å². The summed E-state index contributed by atoms with van der Waals surface area (Å²) in [6.07, 6.45) is 1.56. The van der Waals surface area contributed by atoms with Crippen molar-refractivity contribution in [3.05, 3.63) is 0 Å². The topological polar surface area (TPSA) is 90.9 Å². The van der Waals surface area contributed by atoms with Gasteiger partial charge in [0.05, 0.1) is 13.2 Å². The molecule has 0 aliphatic carbocycles. The Kier molecular flexibility index (Phi) is 7.45. The molecular formula is C14H27N3O4. The van der Waals surface area contributed by atoms with Gasteiger partial charge in [0, 0.05) is 19.6 Å². The number of nitrogens with zero attached hydrogens (tertiary/aromatic N) is 1. The van der Waals surface area contributed by atoms with E-state index in [1.165, 1.54) is 0 Å². The molecule has 1 fully saturated rings. The zero-order valence-corrected chi connectivity index (χ0v) is 13.0. The van der Waals surface area contributed by atoms with Crippen LogP contribution in [0.15, 0.2) is 0 Å². The van der Waals surface area contributed by atoms with Gasteiger partial charge in [0.15, 0.2) is 0 Å². The lowest BCUT2D eigenvalue weighted by atomic mass is 9.93. The maximum atomic E-state index is 11.8. The average molecular weight is 301 g/mol. The smallest absolute Gasteiger partial charge is 0.329 e. The minimum Gasteiger partial charge on any atom is -0.480 e. The summed E-state index contributed by atoms with van der Waals surface area (Å²) in [7, 11) is 0. The summed E-state index contributed by atoms with van der Waals surface area (Å²) < 4.78 is 5.27. The molecule has 0 bridgehead atoms. The predicted octanol–water partition coefficient (Wildman–Crippen LogP) is 0.651.